The Hall–Kier alpha value is -9.16. The number of nitrogens with one attached hydrogen (secondary N) is 5. The number of Topliss-reactive ketones (excluding diaryl/α,β-unsaturated/α-hetero) is 3. The third-order valence-electron chi connectivity index (χ3n) is 26.4. The van der Waals surface area contributed by atoms with Crippen molar-refractivity contribution in [2.24, 2.45) is 51.7 Å². The SMILES string of the molecule is CNNCc1ccc(C(=O)NC(C)C)cc1.CO[C@@]12[C@H](COC(N)=O)C3=C(C(=O)C(C)=C(N)C3=O)N1C[C@H]1[C@@H]2N1C.COc1ccc(C[C@H](N)C(=O)N[C@H]2[C@@H](O)[C@H](n3cnc4c(N(C)C)ncnc43)O[C@@H]2CO)cc1.C[C@]12C=CC(=O)C=C1CC[C@@H]1[C@@H]2[C@@H](O)C[C@@]2(C)[C@H]1CC[C@]2(O)C(=O)COC(=O)CCCc1ccc(N(CCCl)CCCl)cc1.Cl.Cl.[NaH].c1ncc2[nH]cnc2n1. The molecular formula is C90H120Cl4N19NaO17. The third kappa shape index (κ3) is 22.3. The average Bonchev–Trinajstić information content (AvgIpc) is 1.48. The normalized spacial score (nSPS) is 26.8. The van der Waals surface area contributed by atoms with Crippen LogP contribution in [0.15, 0.2) is 151 Å². The number of benzene rings is 3. The Morgan fingerprint density at radius 3 is 2.20 bits per heavy atom. The van der Waals surface area contributed by atoms with Crippen molar-refractivity contribution >= 4 is 158 Å². The van der Waals surface area contributed by atoms with E-state index >= 15 is 0 Å². The number of methoxy groups -OCH3 is 2. The topological polar surface area (TPSA) is 501 Å². The Morgan fingerprint density at radius 1 is 0.878 bits per heavy atom. The molecule has 7 aromatic rings. The van der Waals surface area contributed by atoms with Crippen LogP contribution >= 0.6 is 48.0 Å². The summed E-state index contributed by atoms with van der Waals surface area (Å²) in [6.07, 6.45) is 12.9. The van der Waals surface area contributed by atoms with E-state index < -0.39 is 107 Å². The molecule has 36 nitrogen and oxygen atoms in total. The number of allylic oxidation sites excluding steroid dienone is 6. The molecule has 8 heterocycles. The molecule has 3 saturated heterocycles. The molecule has 4 aromatic heterocycles. The number of nitrogens with zero attached hydrogens (tertiary/aromatic N) is 11. The van der Waals surface area contributed by atoms with Crippen LogP contribution in [-0.4, -0.2) is 300 Å². The van der Waals surface area contributed by atoms with Crippen molar-refractivity contribution in [3.8, 4) is 5.75 Å². The Balaban J connectivity index is 0.000000197. The molecule has 5 aliphatic carbocycles. The summed E-state index contributed by atoms with van der Waals surface area (Å²) >= 11 is 11.8. The molecule has 3 saturated carbocycles. The number of fused-ring (bicyclic) bond motifs is 11. The van der Waals surface area contributed by atoms with Crippen LogP contribution in [-0.2, 0) is 67.1 Å². The molecule has 9 aliphatic rings. The number of nitrogens with two attached hydrogens (primary N) is 3. The van der Waals surface area contributed by atoms with Gasteiger partial charge in [0, 0.05) is 117 Å². The number of hydrazine groups is 1. The second-order valence-electron chi connectivity index (χ2n) is 34.4. The number of aromatic nitrogens is 8. The summed E-state index contributed by atoms with van der Waals surface area (Å²) in [4.78, 5) is 135. The number of imidazole rings is 2. The molecule has 706 valence electrons. The predicted octanol–water partition coefficient (Wildman–Crippen LogP) is 4.91. The number of aliphatic hydroxyl groups excluding tert-OH is 3. The minimum absolute atomic E-state index is 0. The average molecular weight is 1900 g/mol. The van der Waals surface area contributed by atoms with E-state index in [2.05, 4.69) is 73.1 Å². The molecule has 41 heteroatoms. The first-order valence-electron chi connectivity index (χ1n) is 42.8. The molecule has 1 unspecified atom stereocenters. The summed E-state index contributed by atoms with van der Waals surface area (Å²) in [6.45, 7) is 11.2. The van der Waals surface area contributed by atoms with Crippen LogP contribution in [0.1, 0.15) is 113 Å². The Labute approximate surface area is 804 Å². The van der Waals surface area contributed by atoms with Gasteiger partial charge in [-0.15, -0.1) is 48.0 Å². The van der Waals surface area contributed by atoms with Gasteiger partial charge in [0.25, 0.3) is 5.91 Å². The molecule has 3 amide bonds. The number of ether oxygens (including phenoxy) is 5. The van der Waals surface area contributed by atoms with Crippen LogP contribution in [0, 0.1) is 34.5 Å². The van der Waals surface area contributed by atoms with Crippen molar-refractivity contribution in [2.75, 3.05) is 103 Å². The minimum atomic E-state index is -1.66. The number of halogens is 4. The van der Waals surface area contributed by atoms with Gasteiger partial charge in [0.15, 0.2) is 47.0 Å². The number of aliphatic hydroxyl groups is 4. The maximum absolute atomic E-state index is 13.5. The van der Waals surface area contributed by atoms with Gasteiger partial charge in [-0.1, -0.05) is 61.9 Å². The Bertz CT molecular complexity index is 5290. The third-order valence-corrected chi connectivity index (χ3v) is 26.7. The number of carbonyl (C=O) groups excluding carboxylic acids is 8. The van der Waals surface area contributed by atoms with Gasteiger partial charge in [0.05, 0.1) is 74.1 Å². The zero-order chi connectivity index (χ0) is 92.4. The van der Waals surface area contributed by atoms with Crippen molar-refractivity contribution in [2.45, 2.75) is 165 Å². The number of likely N-dealkylation sites (N-methyl/N-ethyl adjacent to an activating group) is 1. The predicted molar refractivity (Wildman–Crippen MR) is 498 cm³/mol. The summed E-state index contributed by atoms with van der Waals surface area (Å²) < 4.78 is 28.9. The zero-order valence-corrected chi connectivity index (χ0v) is 77.7. The minimum Gasteiger partial charge on any atom is -0.342 e. The van der Waals surface area contributed by atoms with E-state index in [0.29, 0.717) is 96.7 Å². The largest absolute Gasteiger partial charge is 0.342 e. The van der Waals surface area contributed by atoms with Crippen LogP contribution in [0.2, 0.25) is 0 Å². The number of hydrogen-bond acceptors (Lipinski definition) is 31. The number of aromatic amines is 1. The van der Waals surface area contributed by atoms with Gasteiger partial charge < -0.3 is 91.6 Å². The first-order valence-corrected chi connectivity index (χ1v) is 43.9. The molecule has 131 heavy (non-hydrogen) atoms. The van der Waals surface area contributed by atoms with Crippen LogP contribution in [0.4, 0.5) is 16.3 Å². The fraction of sp³-hybridized carbons (Fsp3) is 0.511. The monoisotopic (exact) mass is 1900 g/mol. The number of carbonyl (C=O) groups is 8. The molecule has 3 aromatic carbocycles. The fourth-order valence-corrected chi connectivity index (χ4v) is 20.2. The number of piperazine rings is 1. The van der Waals surface area contributed by atoms with Crippen molar-refractivity contribution in [3.05, 3.63) is 173 Å². The van der Waals surface area contributed by atoms with Gasteiger partial charge in [0.2, 0.25) is 23.3 Å². The number of amides is 3. The second kappa shape index (κ2) is 45.7. The molecule has 17 atom stereocenters. The van der Waals surface area contributed by atoms with Gasteiger partial charge in [-0.2, -0.15) is 0 Å². The van der Waals surface area contributed by atoms with E-state index in [1.807, 2.05) is 121 Å². The molecule has 4 aliphatic heterocycles. The van der Waals surface area contributed by atoms with E-state index in [0.717, 1.165) is 52.9 Å². The summed E-state index contributed by atoms with van der Waals surface area (Å²) in [7, 11) is 10.6. The Morgan fingerprint density at radius 2 is 1.56 bits per heavy atom. The van der Waals surface area contributed by atoms with Crippen LogP contribution in [0.25, 0.3) is 22.3 Å². The van der Waals surface area contributed by atoms with E-state index in [9.17, 15) is 58.8 Å². The number of primary amides is 1. The molecule has 0 bridgehead atoms. The van der Waals surface area contributed by atoms with Crippen LogP contribution in [0.5, 0.6) is 5.75 Å². The molecule has 0 spiro atoms. The molecular weight excluding hydrogens is 1780 g/mol. The van der Waals surface area contributed by atoms with E-state index in [1.54, 1.807) is 60.3 Å². The number of hydrogen-bond donors (Lipinski definition) is 12. The molecule has 6 fully saturated rings. The van der Waals surface area contributed by atoms with Crippen molar-refractivity contribution < 1.29 is 82.5 Å². The first-order chi connectivity index (χ1) is 61.2. The molecule has 15 N–H and O–H groups in total. The molecule has 16 rings (SSSR count). The number of alkyl halides is 2. The van der Waals surface area contributed by atoms with Crippen molar-refractivity contribution in [1.29, 1.82) is 0 Å². The van der Waals surface area contributed by atoms with E-state index in [1.165, 1.54) is 26.1 Å². The number of aryl methyl sites for hydroxylation is 1. The summed E-state index contributed by atoms with van der Waals surface area (Å²) in [5.74, 6) is -0.320. The summed E-state index contributed by atoms with van der Waals surface area (Å²) in [6, 6.07) is 21.6. The molecule has 0 radical (unpaired) electrons. The first kappa shape index (κ1) is 106. The fourth-order valence-electron chi connectivity index (χ4n) is 19.8. The number of esters is 1. The van der Waals surface area contributed by atoms with Gasteiger partial charge in [-0.25, -0.2) is 34.7 Å². The smallest absolute Gasteiger partial charge is 0.180 e. The maximum atomic E-state index is 13.5. The quantitative estimate of drug-likeness (QED) is 0.00774. The number of ketones is 4. The van der Waals surface area contributed by atoms with Crippen molar-refractivity contribution in [3.63, 3.8) is 0 Å². The van der Waals surface area contributed by atoms with Crippen LogP contribution < -0.4 is 53.2 Å². The van der Waals surface area contributed by atoms with Crippen LogP contribution in [0.3, 0.4) is 0 Å². The number of rotatable bonds is 28. The van der Waals surface area contributed by atoms with E-state index in [-0.39, 0.29) is 150 Å². The maximum Gasteiger partial charge on any atom is 0.180 e. The zero-order valence-electron chi connectivity index (χ0n) is 74.6. The van der Waals surface area contributed by atoms with Gasteiger partial charge in [-0.05, 0) is 163 Å². The number of anilines is 2. The summed E-state index contributed by atoms with van der Waals surface area (Å²) in [5.41, 5.74) is 28.3. The standard InChI is InChI=1S/C35H45Cl2NO6.C22H29N7O5.C16H20N4O5.C12H19N3O.C5H4N4.2ClH.Na.H/c1-33-14-12-26(39)20-24(33)8-11-27-28-13-15-35(43,34(28,2)21-29(40)32(27)33)30(41)22-44-31(42)5-3-4-23-6-9-25(10-7-23)38(18-16-36)19-17-37;1-28(2)19-17-20(25-10-24-19)29(11-26-17)22-18(31)16(15(9-30)34-22)27-21(32)14(23)8-12-4-6-13(33-3)7-5-12;1-6-10(17)13(22)9-7(5-25-15(18)23)16(24-3)14-8(19(14)2)4-20(16)11(9)12(6)21;1-9(2)15-12(16)11-6-4-10(5-7-11)8-14-13-3;1-4-5(8-2-6-1)9-3-7-4;;;;/h6-7,9-10,12,14,20,27-29,32,40,43H,3-5,8,11,13,15-19,21-22H2,1-2H3;4-7,10-11,14-16,18,22,30-31H,8-9,23H2,1-3H3,(H,27,32);7-8,14H,4-5,17H2,1-3H3,(H2,18,23);4-7,9,13-14H,8H2,1-3H3,(H,15,16);1-3H,(H,6,7,8,9);2*1H;;/t27-,28-,29-,32+,33-,34-,35-;14-,15+,16+,18+,22+;7-,8+,14+,16-,19?;;;;;;/m001....../s1. The summed E-state index contributed by atoms with van der Waals surface area (Å²) in [5, 5.41) is 49.9. The van der Waals surface area contributed by atoms with Gasteiger partial charge in [0.1, 0.15) is 48.3 Å². The van der Waals surface area contributed by atoms with E-state index in [4.69, 9.17) is 64.1 Å². The van der Waals surface area contributed by atoms with Gasteiger partial charge >= 0.3 is 41.6 Å². The second-order valence-corrected chi connectivity index (χ2v) is 35.2. The van der Waals surface area contributed by atoms with Crippen molar-refractivity contribution in [1.82, 2.24) is 70.7 Å². The number of H-pyrrole nitrogens is 1. The Kier molecular flexibility index (Phi) is 36.8. The van der Waals surface area contributed by atoms with Gasteiger partial charge in [-0.3, -0.25) is 53.9 Å².